The average Bonchev–Trinajstić information content (AvgIpc) is 3.16. The van der Waals surface area contributed by atoms with Gasteiger partial charge in [0, 0.05) is 23.1 Å². The number of hydrogen-bond acceptors (Lipinski definition) is 6. The van der Waals surface area contributed by atoms with Crippen molar-refractivity contribution in [2.24, 2.45) is 5.92 Å². The molecule has 146 valence electrons. The summed E-state index contributed by atoms with van der Waals surface area (Å²) in [4.78, 5) is 36.1. The largest absolute Gasteiger partial charge is 0.478 e. The molecule has 3 aliphatic rings. The van der Waals surface area contributed by atoms with Crippen molar-refractivity contribution in [3.05, 3.63) is 35.5 Å². The van der Waals surface area contributed by atoms with Crippen molar-refractivity contribution in [2.45, 2.75) is 63.9 Å². The van der Waals surface area contributed by atoms with Crippen LogP contribution in [0, 0.1) is 5.92 Å². The van der Waals surface area contributed by atoms with E-state index in [9.17, 15) is 19.5 Å². The number of hydrogen-bond donors (Lipinski definition) is 1. The lowest BCUT2D eigenvalue weighted by Gasteiger charge is -2.28. The second-order valence-electron chi connectivity index (χ2n) is 7.50. The Morgan fingerprint density at radius 1 is 1.44 bits per heavy atom. The summed E-state index contributed by atoms with van der Waals surface area (Å²) < 4.78 is 16.8. The van der Waals surface area contributed by atoms with Gasteiger partial charge in [-0.2, -0.15) is 0 Å². The van der Waals surface area contributed by atoms with Crippen molar-refractivity contribution in [3.8, 4) is 0 Å². The predicted octanol–water partition coefficient (Wildman–Crippen LogP) is 2.31. The Morgan fingerprint density at radius 2 is 2.15 bits per heavy atom. The van der Waals surface area contributed by atoms with E-state index in [1.54, 1.807) is 19.9 Å². The summed E-state index contributed by atoms with van der Waals surface area (Å²) in [6, 6.07) is 0. The lowest BCUT2D eigenvalue weighted by atomic mass is 9.82. The number of epoxide rings is 1. The first-order valence-electron chi connectivity index (χ1n) is 9.01. The van der Waals surface area contributed by atoms with Crippen molar-refractivity contribution in [3.63, 3.8) is 0 Å². The Morgan fingerprint density at radius 3 is 2.78 bits per heavy atom. The molecule has 0 bridgehead atoms. The van der Waals surface area contributed by atoms with Crippen LogP contribution in [0.25, 0.3) is 0 Å². The fourth-order valence-corrected chi connectivity index (χ4v) is 3.75. The first kappa shape index (κ1) is 19.4. The maximum atomic E-state index is 12.4. The first-order valence-corrected chi connectivity index (χ1v) is 9.01. The highest BCUT2D eigenvalue weighted by Crippen LogP contribution is 2.47. The Balaban J connectivity index is 2.00. The molecular formula is C20H24O7. The molecule has 1 aliphatic carbocycles. The SMILES string of the molecule is C=C1C(=O)O[C@@H]2/C=C(\C(=O)O)CC[C@H]3O[C@]3(C)C[C@@H](OC(=O)/C(C)=C/C)[C@@H]12. The predicted molar refractivity (Wildman–Crippen MR) is 94.7 cm³/mol. The second-order valence-corrected chi connectivity index (χ2v) is 7.50. The minimum atomic E-state index is -1.07. The summed E-state index contributed by atoms with van der Waals surface area (Å²) in [6.45, 7) is 9.08. The molecule has 0 saturated carbocycles. The zero-order valence-corrected chi connectivity index (χ0v) is 15.7. The van der Waals surface area contributed by atoms with Gasteiger partial charge in [-0.3, -0.25) is 0 Å². The topological polar surface area (TPSA) is 102 Å². The van der Waals surface area contributed by atoms with Gasteiger partial charge < -0.3 is 19.3 Å². The number of allylic oxidation sites excluding steroid dienone is 1. The molecule has 0 amide bonds. The molecule has 0 spiro atoms. The molecule has 0 unspecified atom stereocenters. The number of fused-ring (bicyclic) bond motifs is 2. The molecule has 0 radical (unpaired) electrons. The van der Waals surface area contributed by atoms with Crippen LogP contribution in [0.5, 0.6) is 0 Å². The Hall–Kier alpha value is -2.41. The van der Waals surface area contributed by atoms with Gasteiger partial charge in [-0.25, -0.2) is 14.4 Å². The summed E-state index contributed by atoms with van der Waals surface area (Å²) in [5, 5.41) is 9.48. The molecular weight excluding hydrogens is 352 g/mol. The van der Waals surface area contributed by atoms with Gasteiger partial charge >= 0.3 is 17.9 Å². The molecule has 0 aromatic rings. The highest BCUT2D eigenvalue weighted by Gasteiger charge is 2.57. The summed E-state index contributed by atoms with van der Waals surface area (Å²) in [7, 11) is 0. The van der Waals surface area contributed by atoms with Crippen molar-refractivity contribution in [1.29, 1.82) is 0 Å². The lowest BCUT2D eigenvalue weighted by molar-refractivity contribution is -0.148. The van der Waals surface area contributed by atoms with E-state index in [1.807, 2.05) is 6.92 Å². The molecule has 7 nitrogen and oxygen atoms in total. The van der Waals surface area contributed by atoms with Gasteiger partial charge in [-0.05, 0) is 39.7 Å². The molecule has 7 heteroatoms. The summed E-state index contributed by atoms with van der Waals surface area (Å²) in [5.41, 5.74) is 0.242. The summed E-state index contributed by atoms with van der Waals surface area (Å²) in [5.74, 6) is -2.81. The Labute approximate surface area is 157 Å². The molecule has 27 heavy (non-hydrogen) atoms. The zero-order chi connectivity index (χ0) is 19.9. The van der Waals surface area contributed by atoms with Crippen LogP contribution in [0.1, 0.15) is 40.0 Å². The van der Waals surface area contributed by atoms with Gasteiger partial charge in [0.05, 0.1) is 17.6 Å². The van der Waals surface area contributed by atoms with Gasteiger partial charge in [0.2, 0.25) is 0 Å². The van der Waals surface area contributed by atoms with Crippen molar-refractivity contribution in [1.82, 2.24) is 0 Å². The standard InChI is InChI=1S/C20H24O7/c1-5-10(2)18(23)26-14-9-20(4)15(27-20)7-6-12(17(21)22)8-13-16(14)11(3)19(24)25-13/h5,8,13-16H,3,6-7,9H2,1-2,4H3,(H,21,22)/b10-5+,12-8-/t13-,14-,15-,16+,20-/m1/s1. The Bertz CT molecular complexity index is 762. The normalized spacial score (nSPS) is 38.0. The van der Waals surface area contributed by atoms with Crippen molar-refractivity contribution in [2.75, 3.05) is 0 Å². The molecule has 2 heterocycles. The van der Waals surface area contributed by atoms with Gasteiger partial charge in [0.1, 0.15) is 12.2 Å². The summed E-state index contributed by atoms with van der Waals surface area (Å²) in [6.07, 6.45) is 2.65. The van der Waals surface area contributed by atoms with Crippen LogP contribution in [0.2, 0.25) is 0 Å². The highest BCUT2D eigenvalue weighted by molar-refractivity contribution is 5.92. The molecule has 0 aromatic carbocycles. The van der Waals surface area contributed by atoms with Gasteiger partial charge in [-0.1, -0.05) is 12.7 Å². The molecule has 3 rings (SSSR count). The third kappa shape index (κ3) is 3.69. The molecule has 5 atom stereocenters. The maximum Gasteiger partial charge on any atom is 0.334 e. The van der Waals surface area contributed by atoms with E-state index in [4.69, 9.17) is 14.2 Å². The maximum absolute atomic E-state index is 12.4. The van der Waals surface area contributed by atoms with Crippen LogP contribution >= 0.6 is 0 Å². The van der Waals surface area contributed by atoms with Crippen LogP contribution in [0.15, 0.2) is 35.5 Å². The number of esters is 2. The van der Waals surface area contributed by atoms with Gasteiger partial charge in [0.25, 0.3) is 0 Å². The number of rotatable bonds is 3. The van der Waals surface area contributed by atoms with Crippen LogP contribution in [0.3, 0.4) is 0 Å². The molecule has 1 N–H and O–H groups in total. The van der Waals surface area contributed by atoms with Crippen molar-refractivity contribution >= 4 is 17.9 Å². The first-order chi connectivity index (χ1) is 12.7. The third-order valence-corrected chi connectivity index (χ3v) is 5.63. The highest BCUT2D eigenvalue weighted by atomic mass is 16.6. The minimum Gasteiger partial charge on any atom is -0.478 e. The number of carboxylic acids is 1. The van der Waals surface area contributed by atoms with E-state index in [0.29, 0.717) is 24.8 Å². The lowest BCUT2D eigenvalue weighted by Crippen LogP contribution is -2.37. The van der Waals surface area contributed by atoms with E-state index in [1.165, 1.54) is 6.08 Å². The number of carboxylic acid groups (broad SMARTS) is 1. The van der Waals surface area contributed by atoms with Crippen molar-refractivity contribution < 1.29 is 33.7 Å². The van der Waals surface area contributed by atoms with Crippen LogP contribution < -0.4 is 0 Å². The second kappa shape index (κ2) is 6.96. The molecule has 2 fully saturated rings. The number of carbonyl (C=O) groups is 3. The van der Waals surface area contributed by atoms with Crippen LogP contribution in [-0.4, -0.2) is 46.9 Å². The Kier molecular flexibility index (Phi) is 4.99. The third-order valence-electron chi connectivity index (χ3n) is 5.63. The number of aliphatic carboxylic acids is 1. The molecule has 2 saturated heterocycles. The quantitative estimate of drug-likeness (QED) is 0.458. The molecule has 0 aromatic heterocycles. The zero-order valence-electron chi connectivity index (χ0n) is 15.7. The van der Waals surface area contributed by atoms with Crippen LogP contribution in [0.4, 0.5) is 0 Å². The smallest absolute Gasteiger partial charge is 0.334 e. The fraction of sp³-hybridized carbons (Fsp3) is 0.550. The monoisotopic (exact) mass is 376 g/mol. The van der Waals surface area contributed by atoms with Crippen LogP contribution in [-0.2, 0) is 28.6 Å². The van der Waals surface area contributed by atoms with E-state index >= 15 is 0 Å². The summed E-state index contributed by atoms with van der Waals surface area (Å²) >= 11 is 0. The molecule has 2 aliphatic heterocycles. The van der Waals surface area contributed by atoms with Gasteiger partial charge in [-0.15, -0.1) is 0 Å². The number of ether oxygens (including phenoxy) is 3. The fourth-order valence-electron chi connectivity index (χ4n) is 3.75. The number of carbonyl (C=O) groups excluding carboxylic acids is 2. The van der Waals surface area contributed by atoms with Gasteiger partial charge in [0.15, 0.2) is 0 Å². The van der Waals surface area contributed by atoms with E-state index in [-0.39, 0.29) is 17.3 Å². The van der Waals surface area contributed by atoms with E-state index in [0.717, 1.165) is 0 Å². The van der Waals surface area contributed by atoms with E-state index < -0.39 is 41.6 Å². The average molecular weight is 376 g/mol. The minimum absolute atomic E-state index is 0.118. The van der Waals surface area contributed by atoms with E-state index in [2.05, 4.69) is 6.58 Å².